The minimum absolute atomic E-state index is 0.0116. The number of allylic oxidation sites excluding steroid dienone is 1. The van der Waals surface area contributed by atoms with Crippen molar-refractivity contribution in [1.82, 2.24) is 9.80 Å². The lowest BCUT2D eigenvalue weighted by atomic mass is 9.58. The summed E-state index contributed by atoms with van der Waals surface area (Å²) < 4.78 is 16.3. The molecule has 6 N–H and O–H groups in total. The SMILES string of the molecule is CN(C)[C@@H]1C(O)=C(C(N)=O)C(=O)[C@@]2(O)C(O)=C3C(=O)c4c(O)cc(CN(CCc5ccccc5)CC5CC5)c(F)c4C[C@H]3C[C@@H]12. The van der Waals surface area contributed by atoms with Crippen molar-refractivity contribution >= 4 is 17.5 Å². The van der Waals surface area contributed by atoms with Gasteiger partial charge in [0, 0.05) is 42.3 Å². The molecule has 4 aliphatic rings. The number of benzene rings is 2. The lowest BCUT2D eigenvalue weighted by Gasteiger charge is -2.50. The van der Waals surface area contributed by atoms with Crippen LogP contribution in [0.5, 0.6) is 5.75 Å². The summed E-state index contributed by atoms with van der Waals surface area (Å²) in [4.78, 5) is 43.1. The topological polar surface area (TPSA) is 165 Å². The number of phenolic OH excluding ortho intramolecular Hbond substituents is 1. The van der Waals surface area contributed by atoms with Gasteiger partial charge in [-0.3, -0.25) is 24.2 Å². The second-order valence-electron chi connectivity index (χ2n) is 13.1. The van der Waals surface area contributed by atoms with Crippen molar-refractivity contribution in [1.29, 1.82) is 0 Å². The zero-order chi connectivity index (χ0) is 32.4. The number of nitrogens with two attached hydrogens (primary N) is 1. The largest absolute Gasteiger partial charge is 0.510 e. The molecule has 2 aromatic carbocycles. The Kier molecular flexibility index (Phi) is 7.83. The third kappa shape index (κ3) is 5.12. The highest BCUT2D eigenvalue weighted by Gasteiger charge is 2.63. The van der Waals surface area contributed by atoms with Gasteiger partial charge in [-0.15, -0.1) is 0 Å². The average molecular weight is 620 g/mol. The number of likely N-dealkylation sites (N-methyl/N-ethyl adjacent to an activating group) is 1. The first-order chi connectivity index (χ1) is 21.3. The number of aliphatic hydroxyl groups is 3. The number of primary amides is 1. The number of carbonyl (C=O) groups is 3. The summed E-state index contributed by atoms with van der Waals surface area (Å²) in [5, 5.41) is 45.2. The molecule has 0 radical (unpaired) electrons. The van der Waals surface area contributed by atoms with Crippen LogP contribution in [0.25, 0.3) is 0 Å². The van der Waals surface area contributed by atoms with E-state index in [2.05, 4.69) is 4.90 Å². The fraction of sp³-hybridized carbons (Fsp3) is 0.441. The van der Waals surface area contributed by atoms with Gasteiger partial charge in [0.05, 0.1) is 11.6 Å². The first-order valence-corrected chi connectivity index (χ1v) is 15.3. The first kappa shape index (κ1) is 30.9. The van der Waals surface area contributed by atoms with Gasteiger partial charge in [0.15, 0.2) is 11.4 Å². The summed E-state index contributed by atoms with van der Waals surface area (Å²) in [6, 6.07) is 10.1. The summed E-state index contributed by atoms with van der Waals surface area (Å²) in [5.41, 5.74) is 2.56. The van der Waals surface area contributed by atoms with Crippen LogP contribution in [0.4, 0.5) is 4.39 Å². The van der Waals surface area contributed by atoms with Gasteiger partial charge in [-0.2, -0.15) is 0 Å². The lowest BCUT2D eigenvalue weighted by Crippen LogP contribution is -2.63. The molecular weight excluding hydrogens is 581 g/mol. The molecule has 0 saturated heterocycles. The predicted octanol–water partition coefficient (Wildman–Crippen LogP) is 2.71. The van der Waals surface area contributed by atoms with Crippen LogP contribution in [0.2, 0.25) is 0 Å². The highest BCUT2D eigenvalue weighted by molar-refractivity contribution is 6.24. The van der Waals surface area contributed by atoms with E-state index >= 15 is 4.39 Å². The van der Waals surface area contributed by atoms with Crippen LogP contribution in [-0.2, 0) is 29.0 Å². The van der Waals surface area contributed by atoms with Gasteiger partial charge in [0.1, 0.15) is 28.7 Å². The summed E-state index contributed by atoms with van der Waals surface area (Å²) in [5.74, 6) is -7.65. The van der Waals surface area contributed by atoms with Gasteiger partial charge in [0.2, 0.25) is 5.78 Å². The molecule has 1 fully saturated rings. The van der Waals surface area contributed by atoms with E-state index in [4.69, 9.17) is 5.73 Å². The van der Waals surface area contributed by atoms with Crippen LogP contribution >= 0.6 is 0 Å². The van der Waals surface area contributed by atoms with E-state index < -0.39 is 69.6 Å². The van der Waals surface area contributed by atoms with Crippen molar-refractivity contribution in [2.45, 2.75) is 50.3 Å². The van der Waals surface area contributed by atoms with E-state index in [0.29, 0.717) is 12.5 Å². The average Bonchev–Trinajstić information content (AvgIpc) is 3.80. The summed E-state index contributed by atoms with van der Waals surface area (Å²) in [6.45, 7) is 1.71. The predicted molar refractivity (Wildman–Crippen MR) is 162 cm³/mol. The summed E-state index contributed by atoms with van der Waals surface area (Å²) >= 11 is 0. The molecule has 1 amide bonds. The number of rotatable bonds is 9. The zero-order valence-corrected chi connectivity index (χ0v) is 25.3. The Morgan fingerprint density at radius 1 is 1.11 bits per heavy atom. The number of ketones is 2. The van der Waals surface area contributed by atoms with E-state index in [1.54, 1.807) is 14.1 Å². The van der Waals surface area contributed by atoms with Gasteiger partial charge in [0.25, 0.3) is 5.91 Å². The Morgan fingerprint density at radius 2 is 1.80 bits per heavy atom. The molecule has 238 valence electrons. The molecule has 10 nitrogen and oxygen atoms in total. The van der Waals surface area contributed by atoms with Crippen LogP contribution in [0.1, 0.15) is 46.3 Å². The number of carbonyl (C=O) groups excluding carboxylic acids is 3. The molecule has 4 atom stereocenters. The Morgan fingerprint density at radius 3 is 2.42 bits per heavy atom. The third-order valence-electron chi connectivity index (χ3n) is 9.90. The standard InChI is InChI=1S/C34H38FN3O7/c1-37(2)28-22-13-19-12-21-25(29(40)24(19)31(42)34(22,45)32(43)26(30(28)41)33(36)44)23(39)14-20(27(21)35)16-38(15-18-8-9-18)11-10-17-6-4-3-5-7-17/h3-7,14,18-19,22,28,39,41-42,45H,8-13,15-16H2,1-2H3,(H2,36,44)/t19-,22-,28-,34-/m0/s1. The molecule has 4 aliphatic carbocycles. The van der Waals surface area contributed by atoms with Crippen molar-refractivity contribution in [3.63, 3.8) is 0 Å². The van der Waals surface area contributed by atoms with Gasteiger partial charge in [-0.25, -0.2) is 4.39 Å². The smallest absolute Gasteiger partial charge is 0.255 e. The fourth-order valence-corrected chi connectivity index (χ4v) is 7.54. The molecule has 0 spiro atoms. The summed E-state index contributed by atoms with van der Waals surface area (Å²) in [6.07, 6.45) is 2.82. The minimum Gasteiger partial charge on any atom is -0.510 e. The van der Waals surface area contributed by atoms with E-state index in [-0.39, 0.29) is 41.6 Å². The third-order valence-corrected chi connectivity index (χ3v) is 9.90. The molecule has 11 heteroatoms. The van der Waals surface area contributed by atoms with Gasteiger partial charge in [-0.1, -0.05) is 30.3 Å². The number of fused-ring (bicyclic) bond motifs is 3. The molecular formula is C34H38FN3O7. The Hall–Kier alpha value is -4.06. The number of phenols is 1. The quantitative estimate of drug-likeness (QED) is 0.266. The molecule has 2 aromatic rings. The number of hydrogen-bond acceptors (Lipinski definition) is 9. The Bertz CT molecular complexity index is 1650. The van der Waals surface area contributed by atoms with E-state index in [1.807, 2.05) is 30.3 Å². The molecule has 0 aromatic heterocycles. The number of aromatic hydroxyl groups is 1. The van der Waals surface area contributed by atoms with Crippen molar-refractivity contribution in [2.75, 3.05) is 27.2 Å². The van der Waals surface area contributed by atoms with Crippen molar-refractivity contribution in [3.8, 4) is 5.75 Å². The van der Waals surface area contributed by atoms with Crippen molar-refractivity contribution in [3.05, 3.63) is 87.1 Å². The van der Waals surface area contributed by atoms with Gasteiger partial charge >= 0.3 is 0 Å². The normalized spacial score (nSPS) is 26.3. The van der Waals surface area contributed by atoms with E-state index in [9.17, 15) is 34.8 Å². The van der Waals surface area contributed by atoms with Gasteiger partial charge < -0.3 is 26.2 Å². The second kappa shape index (κ2) is 11.4. The molecule has 0 heterocycles. The highest BCUT2D eigenvalue weighted by atomic mass is 19.1. The molecule has 6 rings (SSSR count). The molecule has 0 aliphatic heterocycles. The Balaban J connectivity index is 1.36. The van der Waals surface area contributed by atoms with Crippen molar-refractivity contribution < 1.29 is 39.2 Å². The molecule has 0 bridgehead atoms. The maximum atomic E-state index is 16.3. The van der Waals surface area contributed by atoms with E-state index in [1.165, 1.54) is 11.0 Å². The highest BCUT2D eigenvalue weighted by Crippen LogP contribution is 2.52. The maximum Gasteiger partial charge on any atom is 0.255 e. The number of aliphatic hydroxyl groups excluding tert-OH is 2. The zero-order valence-electron chi connectivity index (χ0n) is 25.3. The Labute approximate surface area is 260 Å². The second-order valence-corrected chi connectivity index (χ2v) is 13.1. The molecule has 45 heavy (non-hydrogen) atoms. The van der Waals surface area contributed by atoms with Crippen LogP contribution < -0.4 is 5.73 Å². The van der Waals surface area contributed by atoms with Crippen LogP contribution in [-0.4, -0.2) is 86.5 Å². The fourth-order valence-electron chi connectivity index (χ4n) is 7.54. The number of amides is 1. The monoisotopic (exact) mass is 619 g/mol. The van der Waals surface area contributed by atoms with Crippen LogP contribution in [0.3, 0.4) is 0 Å². The molecule has 1 saturated carbocycles. The number of nitrogens with zero attached hydrogens (tertiary/aromatic N) is 2. The lowest BCUT2D eigenvalue weighted by molar-refractivity contribution is -0.148. The number of Topliss-reactive ketones (excluding diaryl/α,β-unsaturated/α-hetero) is 2. The van der Waals surface area contributed by atoms with Crippen LogP contribution in [0, 0.1) is 23.6 Å². The van der Waals surface area contributed by atoms with Crippen LogP contribution in [0.15, 0.2) is 59.1 Å². The van der Waals surface area contributed by atoms with E-state index in [0.717, 1.165) is 31.4 Å². The first-order valence-electron chi connectivity index (χ1n) is 15.3. The maximum absolute atomic E-state index is 16.3. The minimum atomic E-state index is -2.74. The summed E-state index contributed by atoms with van der Waals surface area (Å²) in [7, 11) is 3.12. The number of halogens is 1. The van der Waals surface area contributed by atoms with Crippen molar-refractivity contribution in [2.24, 2.45) is 23.5 Å². The molecule has 0 unspecified atom stereocenters. The van der Waals surface area contributed by atoms with Gasteiger partial charge in [-0.05, 0) is 69.7 Å². The number of hydrogen-bond donors (Lipinski definition) is 5.